The maximum atomic E-state index is 11.2. The Morgan fingerprint density at radius 1 is 1.77 bits per heavy atom. The van der Waals surface area contributed by atoms with Crippen LogP contribution in [-0.4, -0.2) is 33.4 Å². The topological polar surface area (TPSA) is 83.0 Å². The molecule has 0 aromatic carbocycles. The van der Waals surface area contributed by atoms with Gasteiger partial charge in [-0.1, -0.05) is 0 Å². The smallest absolute Gasteiger partial charge is 0.327 e. The molecule has 0 aliphatic heterocycles. The van der Waals surface area contributed by atoms with Gasteiger partial charge in [-0.2, -0.15) is 5.10 Å². The molecule has 1 atom stereocenters. The minimum atomic E-state index is -1.07. The number of nitrogens with two attached hydrogens (primary N) is 1. The normalized spacial score (nSPS) is 15.0. The molecule has 6 nitrogen and oxygen atoms in total. The number of methoxy groups -OCH3 is 1. The van der Waals surface area contributed by atoms with Gasteiger partial charge in [0.05, 0.1) is 13.7 Å². The Kier molecular flexibility index (Phi) is 2.62. The zero-order valence-corrected chi connectivity index (χ0v) is 7.60. The average Bonchev–Trinajstić information content (AvgIpc) is 2.54. The van der Waals surface area contributed by atoms with Gasteiger partial charge in [-0.25, -0.2) is 4.98 Å². The van der Waals surface area contributed by atoms with Crippen LogP contribution in [0.2, 0.25) is 0 Å². The monoisotopic (exact) mass is 184 g/mol. The molecule has 0 aliphatic carbocycles. The molecule has 72 valence electrons. The Morgan fingerprint density at radius 3 is 2.92 bits per heavy atom. The lowest BCUT2D eigenvalue weighted by molar-refractivity contribution is -0.147. The molecule has 13 heavy (non-hydrogen) atoms. The van der Waals surface area contributed by atoms with Crippen LogP contribution >= 0.6 is 0 Å². The third-order valence-corrected chi connectivity index (χ3v) is 1.61. The van der Waals surface area contributed by atoms with Crippen LogP contribution in [0.15, 0.2) is 12.7 Å². The van der Waals surface area contributed by atoms with Crippen molar-refractivity contribution < 1.29 is 9.53 Å². The van der Waals surface area contributed by atoms with Crippen LogP contribution in [0.1, 0.15) is 6.92 Å². The molecule has 0 bridgehead atoms. The Hall–Kier alpha value is -1.43. The van der Waals surface area contributed by atoms with Crippen molar-refractivity contribution in [1.82, 2.24) is 14.8 Å². The van der Waals surface area contributed by atoms with Crippen molar-refractivity contribution in [3.8, 4) is 0 Å². The van der Waals surface area contributed by atoms with Gasteiger partial charge in [0, 0.05) is 0 Å². The minimum absolute atomic E-state index is 0.250. The van der Waals surface area contributed by atoms with Gasteiger partial charge in [-0.3, -0.25) is 9.48 Å². The van der Waals surface area contributed by atoms with E-state index in [9.17, 15) is 4.79 Å². The molecule has 1 heterocycles. The lowest BCUT2D eigenvalue weighted by Gasteiger charge is -2.20. The van der Waals surface area contributed by atoms with Crippen LogP contribution in [0.4, 0.5) is 0 Å². The summed E-state index contributed by atoms with van der Waals surface area (Å²) in [5.41, 5.74) is 4.63. The summed E-state index contributed by atoms with van der Waals surface area (Å²) in [4.78, 5) is 14.9. The molecule has 1 rings (SSSR count). The van der Waals surface area contributed by atoms with Crippen LogP contribution < -0.4 is 5.73 Å². The van der Waals surface area contributed by atoms with Crippen LogP contribution in [-0.2, 0) is 16.1 Å². The van der Waals surface area contributed by atoms with Gasteiger partial charge in [-0.05, 0) is 6.92 Å². The summed E-state index contributed by atoms with van der Waals surface area (Å²) in [6.45, 7) is 1.83. The molecule has 1 aromatic heterocycles. The third-order valence-electron chi connectivity index (χ3n) is 1.61. The summed E-state index contributed by atoms with van der Waals surface area (Å²) >= 11 is 0. The van der Waals surface area contributed by atoms with E-state index in [4.69, 9.17) is 5.73 Å². The Balaban J connectivity index is 2.67. The van der Waals surface area contributed by atoms with E-state index < -0.39 is 11.5 Å². The SMILES string of the molecule is COC(=O)C(C)(N)Cn1cncn1. The van der Waals surface area contributed by atoms with Crippen molar-refractivity contribution in [2.45, 2.75) is 19.0 Å². The molecule has 1 unspecified atom stereocenters. The minimum Gasteiger partial charge on any atom is -0.468 e. The number of carbonyl (C=O) groups excluding carboxylic acids is 1. The molecular formula is C7H12N4O2. The Labute approximate surface area is 75.7 Å². The molecule has 1 aromatic rings. The fraction of sp³-hybridized carbons (Fsp3) is 0.571. The van der Waals surface area contributed by atoms with E-state index in [1.54, 1.807) is 6.92 Å². The highest BCUT2D eigenvalue weighted by molar-refractivity contribution is 5.79. The molecule has 0 radical (unpaired) electrons. The van der Waals surface area contributed by atoms with E-state index in [1.165, 1.54) is 24.4 Å². The first kappa shape index (κ1) is 9.66. The van der Waals surface area contributed by atoms with E-state index in [1.807, 2.05) is 0 Å². The number of ether oxygens (including phenoxy) is 1. The van der Waals surface area contributed by atoms with Gasteiger partial charge >= 0.3 is 5.97 Å². The third kappa shape index (κ3) is 2.25. The molecule has 0 amide bonds. The summed E-state index contributed by atoms with van der Waals surface area (Å²) in [5, 5.41) is 3.84. The van der Waals surface area contributed by atoms with Gasteiger partial charge in [0.1, 0.15) is 18.2 Å². The lowest BCUT2D eigenvalue weighted by Crippen LogP contribution is -2.49. The van der Waals surface area contributed by atoms with Gasteiger partial charge in [0.15, 0.2) is 0 Å². The van der Waals surface area contributed by atoms with Crippen LogP contribution in [0.3, 0.4) is 0 Å². The second-order valence-electron chi connectivity index (χ2n) is 3.00. The number of hydrogen-bond donors (Lipinski definition) is 1. The van der Waals surface area contributed by atoms with Crippen molar-refractivity contribution in [3.05, 3.63) is 12.7 Å². The molecular weight excluding hydrogens is 172 g/mol. The number of rotatable bonds is 3. The Bertz CT molecular complexity index is 281. The predicted molar refractivity (Wildman–Crippen MR) is 44.6 cm³/mol. The van der Waals surface area contributed by atoms with E-state index in [-0.39, 0.29) is 6.54 Å². The fourth-order valence-corrected chi connectivity index (χ4v) is 0.949. The number of esters is 1. The highest BCUT2D eigenvalue weighted by Gasteiger charge is 2.30. The molecule has 0 aliphatic rings. The molecule has 0 saturated heterocycles. The standard InChI is InChI=1S/C7H12N4O2/c1-7(8,6(12)13-2)3-11-5-9-4-10-11/h4-5H,3,8H2,1-2H3. The number of nitrogens with zero attached hydrogens (tertiary/aromatic N) is 3. The van der Waals surface area contributed by atoms with E-state index in [2.05, 4.69) is 14.8 Å². The molecule has 0 spiro atoms. The maximum absolute atomic E-state index is 11.2. The van der Waals surface area contributed by atoms with Crippen LogP contribution in [0, 0.1) is 0 Å². The van der Waals surface area contributed by atoms with Crippen LogP contribution in [0.5, 0.6) is 0 Å². The average molecular weight is 184 g/mol. The van der Waals surface area contributed by atoms with E-state index in [0.717, 1.165) is 0 Å². The van der Waals surface area contributed by atoms with E-state index >= 15 is 0 Å². The summed E-state index contributed by atoms with van der Waals surface area (Å²) in [6, 6.07) is 0. The number of hydrogen-bond acceptors (Lipinski definition) is 5. The highest BCUT2D eigenvalue weighted by Crippen LogP contribution is 2.04. The second-order valence-corrected chi connectivity index (χ2v) is 3.00. The fourth-order valence-electron chi connectivity index (χ4n) is 0.949. The van der Waals surface area contributed by atoms with Gasteiger partial charge in [0.2, 0.25) is 0 Å². The van der Waals surface area contributed by atoms with Crippen molar-refractivity contribution in [3.63, 3.8) is 0 Å². The van der Waals surface area contributed by atoms with Crippen molar-refractivity contribution in [2.75, 3.05) is 7.11 Å². The molecule has 6 heteroatoms. The molecule has 0 fully saturated rings. The number of aromatic nitrogens is 3. The first-order valence-corrected chi connectivity index (χ1v) is 3.76. The van der Waals surface area contributed by atoms with Crippen molar-refractivity contribution in [2.24, 2.45) is 5.73 Å². The summed E-state index contributed by atoms with van der Waals surface area (Å²) in [6.07, 6.45) is 2.88. The second kappa shape index (κ2) is 3.53. The van der Waals surface area contributed by atoms with Crippen molar-refractivity contribution in [1.29, 1.82) is 0 Å². The number of carbonyl (C=O) groups is 1. The zero-order chi connectivity index (χ0) is 9.90. The zero-order valence-electron chi connectivity index (χ0n) is 7.60. The largest absolute Gasteiger partial charge is 0.468 e. The lowest BCUT2D eigenvalue weighted by atomic mass is 10.1. The first-order valence-electron chi connectivity index (χ1n) is 3.76. The van der Waals surface area contributed by atoms with Crippen LogP contribution in [0.25, 0.3) is 0 Å². The van der Waals surface area contributed by atoms with Gasteiger partial charge in [0.25, 0.3) is 0 Å². The summed E-state index contributed by atoms with van der Waals surface area (Å²) < 4.78 is 6.02. The Morgan fingerprint density at radius 2 is 2.46 bits per heavy atom. The van der Waals surface area contributed by atoms with E-state index in [0.29, 0.717) is 0 Å². The summed E-state index contributed by atoms with van der Waals surface area (Å²) in [7, 11) is 1.30. The molecule has 2 N–H and O–H groups in total. The van der Waals surface area contributed by atoms with Gasteiger partial charge < -0.3 is 10.5 Å². The van der Waals surface area contributed by atoms with Gasteiger partial charge in [-0.15, -0.1) is 0 Å². The molecule has 0 saturated carbocycles. The first-order chi connectivity index (χ1) is 6.06. The quantitative estimate of drug-likeness (QED) is 0.620. The summed E-state index contributed by atoms with van der Waals surface area (Å²) in [5.74, 6) is -0.469. The van der Waals surface area contributed by atoms with Crippen molar-refractivity contribution >= 4 is 5.97 Å². The highest BCUT2D eigenvalue weighted by atomic mass is 16.5. The predicted octanol–water partition coefficient (Wildman–Crippen LogP) is -0.831. The maximum Gasteiger partial charge on any atom is 0.327 e.